The first kappa shape index (κ1) is 22.3. The summed E-state index contributed by atoms with van der Waals surface area (Å²) in [7, 11) is 4.10. The highest BCUT2D eigenvalue weighted by molar-refractivity contribution is 7.10. The molecule has 2 nitrogen and oxygen atoms in total. The van der Waals surface area contributed by atoms with Gasteiger partial charge in [0.05, 0.1) is 23.3 Å². The van der Waals surface area contributed by atoms with Gasteiger partial charge in [-0.05, 0) is 85.3 Å². The fourth-order valence-electron chi connectivity index (χ4n) is 3.13. The molecule has 1 heterocycles. The Morgan fingerprint density at radius 2 is 1.76 bits per heavy atom. The highest BCUT2D eigenvalue weighted by Gasteiger charge is 2.13. The van der Waals surface area contributed by atoms with E-state index in [0.29, 0.717) is 23.3 Å². The van der Waals surface area contributed by atoms with E-state index in [4.69, 9.17) is 27.9 Å². The maximum Gasteiger partial charge on any atom is 0.0720 e. The second kappa shape index (κ2) is 10.6. The summed E-state index contributed by atoms with van der Waals surface area (Å²) in [6.45, 7) is 6.54. The van der Waals surface area contributed by atoms with Gasteiger partial charge < -0.3 is 9.64 Å². The molecule has 0 spiro atoms. The van der Waals surface area contributed by atoms with E-state index >= 15 is 0 Å². The van der Waals surface area contributed by atoms with E-state index in [1.165, 1.54) is 16.0 Å². The first-order chi connectivity index (χ1) is 13.9. The number of halogens is 2. The number of ether oxygens (including phenoxy) is 1. The van der Waals surface area contributed by atoms with Gasteiger partial charge in [-0.25, -0.2) is 0 Å². The molecule has 0 aliphatic heterocycles. The first-order valence-electron chi connectivity index (χ1n) is 9.60. The molecule has 0 saturated carbocycles. The van der Waals surface area contributed by atoms with Gasteiger partial charge in [0.15, 0.2) is 0 Å². The maximum atomic E-state index is 6.22. The van der Waals surface area contributed by atoms with E-state index in [1.807, 2.05) is 32.3 Å². The average molecular weight is 447 g/mol. The topological polar surface area (TPSA) is 12.5 Å². The number of nitrogens with zero attached hydrogens (tertiary/aromatic N) is 1. The van der Waals surface area contributed by atoms with Crippen LogP contribution in [0.25, 0.3) is 11.1 Å². The molecule has 1 atom stereocenters. The van der Waals surface area contributed by atoms with Gasteiger partial charge in [-0.2, -0.15) is 0 Å². The van der Waals surface area contributed by atoms with E-state index in [0.717, 1.165) is 24.1 Å². The van der Waals surface area contributed by atoms with Crippen molar-refractivity contribution in [2.24, 2.45) is 0 Å². The van der Waals surface area contributed by atoms with Crippen LogP contribution >= 0.6 is 34.5 Å². The fourth-order valence-corrected chi connectivity index (χ4v) is 4.18. The molecule has 0 saturated heterocycles. The standard InChI is InChI=1S/C24H26Cl2NOS/c1-17(24-5-4-12-29-24)13-18-6-7-19(20-8-9-22(25)23(26)15-20)14-21(18)16-28-11-10-27(2)3/h4-9,12,14-15,17H,1,10-11,13,16H2,2-3H3. The summed E-state index contributed by atoms with van der Waals surface area (Å²) in [5.41, 5.74) is 4.62. The first-order valence-corrected chi connectivity index (χ1v) is 11.2. The lowest BCUT2D eigenvalue weighted by Gasteiger charge is -2.17. The predicted molar refractivity (Wildman–Crippen MR) is 126 cm³/mol. The second-order valence-electron chi connectivity index (χ2n) is 7.38. The van der Waals surface area contributed by atoms with Gasteiger partial charge in [0, 0.05) is 11.4 Å². The van der Waals surface area contributed by atoms with Crippen LogP contribution in [0.2, 0.25) is 10.0 Å². The van der Waals surface area contributed by atoms with Crippen molar-refractivity contribution in [1.82, 2.24) is 4.90 Å². The normalized spacial score (nSPS) is 12.5. The van der Waals surface area contributed by atoms with E-state index < -0.39 is 0 Å². The van der Waals surface area contributed by atoms with Crippen LogP contribution in [0.1, 0.15) is 21.9 Å². The van der Waals surface area contributed by atoms with Crippen LogP contribution in [0.15, 0.2) is 53.9 Å². The molecule has 3 rings (SSSR count). The van der Waals surface area contributed by atoms with Gasteiger partial charge in [-0.1, -0.05) is 47.5 Å². The van der Waals surface area contributed by atoms with E-state index in [-0.39, 0.29) is 5.92 Å². The lowest BCUT2D eigenvalue weighted by molar-refractivity contribution is 0.105. The van der Waals surface area contributed by atoms with Gasteiger partial charge in [-0.3, -0.25) is 0 Å². The number of rotatable bonds is 9. The molecule has 0 aliphatic rings. The van der Waals surface area contributed by atoms with Crippen LogP contribution in [0.5, 0.6) is 0 Å². The van der Waals surface area contributed by atoms with Crippen molar-refractivity contribution in [3.05, 3.63) is 86.9 Å². The van der Waals surface area contributed by atoms with Crippen molar-refractivity contribution in [3.63, 3.8) is 0 Å². The highest BCUT2D eigenvalue weighted by atomic mass is 35.5. The maximum absolute atomic E-state index is 6.22. The Labute approximate surface area is 188 Å². The molecule has 0 aliphatic carbocycles. The largest absolute Gasteiger partial charge is 0.375 e. The Kier molecular flexibility index (Phi) is 8.16. The third kappa shape index (κ3) is 6.31. The SMILES string of the molecule is [CH2]C(Cc1ccc(-c2ccc(Cl)c(Cl)c2)cc1COCCN(C)C)c1cccs1. The summed E-state index contributed by atoms with van der Waals surface area (Å²) in [5, 5.41) is 3.23. The minimum atomic E-state index is 0.228. The Morgan fingerprint density at radius 1 is 1.00 bits per heavy atom. The molecular formula is C24H26Cl2NOS. The van der Waals surface area contributed by atoms with Crippen molar-refractivity contribution in [2.45, 2.75) is 18.9 Å². The minimum Gasteiger partial charge on any atom is -0.375 e. The van der Waals surface area contributed by atoms with E-state index in [1.54, 1.807) is 11.3 Å². The summed E-state index contributed by atoms with van der Waals surface area (Å²) in [6.07, 6.45) is 0.883. The van der Waals surface area contributed by atoms with E-state index in [9.17, 15) is 0 Å². The summed E-state index contributed by atoms with van der Waals surface area (Å²) in [6, 6.07) is 16.5. The lowest BCUT2D eigenvalue weighted by Crippen LogP contribution is -2.18. The molecule has 0 bridgehead atoms. The fraction of sp³-hybridized carbons (Fsp3) is 0.292. The van der Waals surface area contributed by atoms with Crippen molar-refractivity contribution < 1.29 is 4.74 Å². The second-order valence-corrected chi connectivity index (χ2v) is 9.18. The third-order valence-corrected chi connectivity index (χ3v) is 6.59. The number of thiophene rings is 1. The molecule has 0 N–H and O–H groups in total. The summed E-state index contributed by atoms with van der Waals surface area (Å²) in [5.74, 6) is 0.228. The molecule has 1 unspecified atom stereocenters. The van der Waals surface area contributed by atoms with Crippen molar-refractivity contribution in [2.75, 3.05) is 27.2 Å². The van der Waals surface area contributed by atoms with Crippen LogP contribution in [-0.2, 0) is 17.8 Å². The quantitative estimate of drug-likeness (QED) is 0.329. The Morgan fingerprint density at radius 3 is 2.45 bits per heavy atom. The van der Waals surface area contributed by atoms with Gasteiger partial charge in [0.2, 0.25) is 0 Å². The number of benzene rings is 2. The van der Waals surface area contributed by atoms with Gasteiger partial charge in [0.1, 0.15) is 0 Å². The van der Waals surface area contributed by atoms with Crippen LogP contribution in [0.3, 0.4) is 0 Å². The van der Waals surface area contributed by atoms with E-state index in [2.05, 4.69) is 47.5 Å². The molecule has 0 amide bonds. The Balaban J connectivity index is 1.84. The molecule has 3 aromatic rings. The van der Waals surface area contributed by atoms with Crippen molar-refractivity contribution >= 4 is 34.5 Å². The minimum absolute atomic E-state index is 0.228. The molecule has 29 heavy (non-hydrogen) atoms. The number of hydrogen-bond donors (Lipinski definition) is 0. The number of hydrogen-bond acceptors (Lipinski definition) is 3. The number of likely N-dealkylation sites (N-methyl/N-ethyl adjacent to an activating group) is 1. The predicted octanol–water partition coefficient (Wildman–Crippen LogP) is 6.96. The summed E-state index contributed by atoms with van der Waals surface area (Å²) >= 11 is 14.1. The molecule has 2 aromatic carbocycles. The van der Waals surface area contributed by atoms with Gasteiger partial charge in [0.25, 0.3) is 0 Å². The Bertz CT molecular complexity index is 925. The molecule has 0 fully saturated rings. The third-order valence-electron chi connectivity index (χ3n) is 4.81. The van der Waals surface area contributed by atoms with Crippen molar-refractivity contribution in [1.29, 1.82) is 0 Å². The lowest BCUT2D eigenvalue weighted by atomic mass is 9.93. The zero-order valence-corrected chi connectivity index (χ0v) is 19.2. The van der Waals surface area contributed by atoms with Crippen molar-refractivity contribution in [3.8, 4) is 11.1 Å². The summed E-state index contributed by atoms with van der Waals surface area (Å²) in [4.78, 5) is 3.42. The summed E-state index contributed by atoms with van der Waals surface area (Å²) < 4.78 is 5.97. The van der Waals surface area contributed by atoms with Crippen LogP contribution < -0.4 is 0 Å². The zero-order chi connectivity index (χ0) is 20.8. The molecule has 1 aromatic heterocycles. The molecule has 1 radical (unpaired) electrons. The molecular weight excluding hydrogens is 421 g/mol. The smallest absolute Gasteiger partial charge is 0.0720 e. The van der Waals surface area contributed by atoms with Crippen LogP contribution in [0.4, 0.5) is 0 Å². The average Bonchev–Trinajstić information content (AvgIpc) is 3.23. The monoisotopic (exact) mass is 446 g/mol. The van der Waals surface area contributed by atoms with Crippen LogP contribution in [-0.4, -0.2) is 32.1 Å². The Hall–Kier alpha value is -1.36. The van der Waals surface area contributed by atoms with Gasteiger partial charge >= 0.3 is 0 Å². The zero-order valence-electron chi connectivity index (χ0n) is 16.8. The molecule has 153 valence electrons. The molecule has 5 heteroatoms. The van der Waals surface area contributed by atoms with Gasteiger partial charge in [-0.15, -0.1) is 11.3 Å². The highest BCUT2D eigenvalue weighted by Crippen LogP contribution is 2.31. The van der Waals surface area contributed by atoms with Crippen LogP contribution in [0, 0.1) is 6.92 Å².